The first-order chi connectivity index (χ1) is 8.81. The van der Waals surface area contributed by atoms with Crippen molar-refractivity contribution in [1.29, 1.82) is 0 Å². The van der Waals surface area contributed by atoms with Gasteiger partial charge >= 0.3 is 11.9 Å². The molecule has 7 nitrogen and oxygen atoms in total. The maximum absolute atomic E-state index is 11.6. The van der Waals surface area contributed by atoms with E-state index in [4.69, 9.17) is 10.2 Å². The molecule has 0 aliphatic heterocycles. The van der Waals surface area contributed by atoms with Crippen LogP contribution in [0.3, 0.4) is 0 Å². The molecule has 3 N–H and O–H groups in total. The first kappa shape index (κ1) is 14.9. The minimum Gasteiger partial charge on any atom is -0.480 e. The summed E-state index contributed by atoms with van der Waals surface area (Å²) in [6.45, 7) is -0.705. The number of nitrogens with one attached hydrogen (secondary N) is 1. The number of carbonyl (C=O) groups is 2. The zero-order chi connectivity index (χ0) is 14.5. The Hall–Kier alpha value is -2.19. The lowest BCUT2D eigenvalue weighted by Crippen LogP contribution is -2.29. The van der Waals surface area contributed by atoms with Crippen molar-refractivity contribution >= 4 is 28.0 Å². The van der Waals surface area contributed by atoms with Crippen molar-refractivity contribution in [3.05, 3.63) is 35.9 Å². The van der Waals surface area contributed by atoms with Gasteiger partial charge in [-0.05, 0) is 23.8 Å². The molecule has 0 aromatic heterocycles. The second-order valence-corrected chi connectivity index (χ2v) is 5.23. The zero-order valence-corrected chi connectivity index (χ0v) is 10.4. The molecule has 0 fully saturated rings. The van der Waals surface area contributed by atoms with Gasteiger partial charge in [0.15, 0.2) is 0 Å². The number of hydrogen-bond donors (Lipinski definition) is 3. The van der Waals surface area contributed by atoms with Gasteiger partial charge in [0.2, 0.25) is 10.0 Å². The fourth-order valence-corrected chi connectivity index (χ4v) is 2.14. The number of rotatable bonds is 6. The van der Waals surface area contributed by atoms with Crippen LogP contribution in [0.15, 0.2) is 35.2 Å². The van der Waals surface area contributed by atoms with E-state index < -0.39 is 28.5 Å². The second kappa shape index (κ2) is 6.12. The largest absolute Gasteiger partial charge is 0.480 e. The molecule has 0 atom stereocenters. The molecule has 1 rings (SSSR count). The van der Waals surface area contributed by atoms with Crippen LogP contribution >= 0.6 is 0 Å². The molecule has 0 aliphatic rings. The Kier molecular flexibility index (Phi) is 4.79. The monoisotopic (exact) mass is 285 g/mol. The first-order valence-corrected chi connectivity index (χ1v) is 6.52. The lowest BCUT2D eigenvalue weighted by Gasteiger charge is -2.04. The van der Waals surface area contributed by atoms with Crippen LogP contribution in [0.4, 0.5) is 0 Å². The van der Waals surface area contributed by atoms with Gasteiger partial charge in [0.25, 0.3) is 0 Å². The summed E-state index contributed by atoms with van der Waals surface area (Å²) in [5.74, 6) is -2.40. The van der Waals surface area contributed by atoms with E-state index in [-0.39, 0.29) is 4.90 Å². The highest BCUT2D eigenvalue weighted by Crippen LogP contribution is 2.11. The quantitative estimate of drug-likeness (QED) is 0.640. The predicted octanol–water partition coefficient (Wildman–Crippen LogP) is 0.147. The molecule has 0 amide bonds. The summed E-state index contributed by atoms with van der Waals surface area (Å²) >= 11 is 0. The maximum atomic E-state index is 11.6. The third-order valence-electron chi connectivity index (χ3n) is 2.02. The summed E-state index contributed by atoms with van der Waals surface area (Å²) in [5, 5.41) is 16.8. The Morgan fingerprint density at radius 1 is 1.16 bits per heavy atom. The minimum absolute atomic E-state index is 0.0961. The van der Waals surface area contributed by atoms with Crippen molar-refractivity contribution in [2.45, 2.75) is 4.90 Å². The van der Waals surface area contributed by atoms with E-state index in [2.05, 4.69) is 0 Å². The summed E-state index contributed by atoms with van der Waals surface area (Å²) < 4.78 is 25.2. The zero-order valence-electron chi connectivity index (χ0n) is 9.61. The molecule has 0 aliphatic carbocycles. The molecule has 0 heterocycles. The normalized spacial score (nSPS) is 11.6. The van der Waals surface area contributed by atoms with Gasteiger partial charge in [-0.2, -0.15) is 4.72 Å². The van der Waals surface area contributed by atoms with Gasteiger partial charge in [-0.1, -0.05) is 12.1 Å². The van der Waals surface area contributed by atoms with Gasteiger partial charge in [0, 0.05) is 6.08 Å². The average Bonchev–Trinajstić information content (AvgIpc) is 2.34. The average molecular weight is 285 g/mol. The number of carboxylic acid groups (broad SMARTS) is 2. The third-order valence-corrected chi connectivity index (χ3v) is 3.44. The van der Waals surface area contributed by atoms with Gasteiger partial charge < -0.3 is 10.2 Å². The molecule has 0 bridgehead atoms. The van der Waals surface area contributed by atoms with E-state index in [1.165, 1.54) is 30.3 Å². The predicted molar refractivity (Wildman–Crippen MR) is 65.9 cm³/mol. The summed E-state index contributed by atoms with van der Waals surface area (Å²) in [7, 11) is -3.87. The molecule has 0 spiro atoms. The number of aliphatic carboxylic acids is 2. The Balaban J connectivity index is 2.86. The van der Waals surface area contributed by atoms with Gasteiger partial charge in [0.05, 0.1) is 4.90 Å². The standard InChI is InChI=1S/C11H11NO6S/c13-10(14)6-3-8-1-4-9(5-2-8)19(17,18)12-7-11(15)16/h1-6,12H,7H2,(H,13,14)(H,15,16)/b6-3-. The van der Waals surface area contributed by atoms with E-state index >= 15 is 0 Å². The summed E-state index contributed by atoms with van der Waals surface area (Å²) in [5.41, 5.74) is 0.514. The lowest BCUT2D eigenvalue weighted by molar-refractivity contribution is -0.135. The number of benzene rings is 1. The Morgan fingerprint density at radius 2 is 1.74 bits per heavy atom. The van der Waals surface area contributed by atoms with Crippen molar-refractivity contribution in [1.82, 2.24) is 4.72 Å². The molecule has 8 heteroatoms. The van der Waals surface area contributed by atoms with Crippen molar-refractivity contribution in [3.8, 4) is 0 Å². The van der Waals surface area contributed by atoms with Crippen LogP contribution in [-0.2, 0) is 19.6 Å². The fraction of sp³-hybridized carbons (Fsp3) is 0.0909. The summed E-state index contributed by atoms with van der Waals surface area (Å²) in [6.07, 6.45) is 2.23. The Labute approximate surface area is 109 Å². The van der Waals surface area contributed by atoms with Crippen LogP contribution in [0, 0.1) is 0 Å². The molecule has 1 aromatic rings. The highest BCUT2D eigenvalue weighted by molar-refractivity contribution is 7.89. The molecule has 0 saturated heterocycles. The second-order valence-electron chi connectivity index (χ2n) is 3.46. The minimum atomic E-state index is -3.87. The molecule has 0 saturated carbocycles. The Bertz CT molecular complexity index is 603. The summed E-state index contributed by atoms with van der Waals surface area (Å²) in [4.78, 5) is 20.5. The highest BCUT2D eigenvalue weighted by Gasteiger charge is 2.14. The smallest absolute Gasteiger partial charge is 0.328 e. The molecule has 1 aromatic carbocycles. The van der Waals surface area contributed by atoms with E-state index in [9.17, 15) is 18.0 Å². The topological polar surface area (TPSA) is 121 Å². The SMILES string of the molecule is O=C(O)/C=C\c1ccc(S(=O)(=O)NCC(=O)O)cc1. The van der Waals surface area contributed by atoms with E-state index in [1.54, 1.807) is 0 Å². The van der Waals surface area contributed by atoms with Crippen molar-refractivity contribution in [2.24, 2.45) is 0 Å². The summed E-state index contributed by atoms with van der Waals surface area (Å²) in [6, 6.07) is 5.33. The first-order valence-electron chi connectivity index (χ1n) is 5.04. The van der Waals surface area contributed by atoms with E-state index in [0.717, 1.165) is 6.08 Å². The number of sulfonamides is 1. The Morgan fingerprint density at radius 3 is 2.21 bits per heavy atom. The van der Waals surface area contributed by atoms with Crippen LogP contribution < -0.4 is 4.72 Å². The van der Waals surface area contributed by atoms with Gasteiger partial charge in [0.1, 0.15) is 6.54 Å². The van der Waals surface area contributed by atoms with Crippen molar-refractivity contribution < 1.29 is 28.2 Å². The molecular weight excluding hydrogens is 274 g/mol. The lowest BCUT2D eigenvalue weighted by atomic mass is 10.2. The van der Waals surface area contributed by atoms with E-state index in [0.29, 0.717) is 5.56 Å². The highest BCUT2D eigenvalue weighted by atomic mass is 32.2. The van der Waals surface area contributed by atoms with Crippen LogP contribution in [0.1, 0.15) is 5.56 Å². The maximum Gasteiger partial charge on any atom is 0.328 e. The van der Waals surface area contributed by atoms with Crippen LogP contribution in [0.2, 0.25) is 0 Å². The van der Waals surface area contributed by atoms with Crippen LogP contribution in [-0.4, -0.2) is 37.1 Å². The van der Waals surface area contributed by atoms with Gasteiger partial charge in [-0.25, -0.2) is 13.2 Å². The fourth-order valence-electron chi connectivity index (χ4n) is 1.17. The number of hydrogen-bond acceptors (Lipinski definition) is 4. The molecule has 19 heavy (non-hydrogen) atoms. The van der Waals surface area contributed by atoms with E-state index in [1.807, 2.05) is 4.72 Å². The van der Waals surface area contributed by atoms with Gasteiger partial charge in [-0.15, -0.1) is 0 Å². The molecule has 0 unspecified atom stereocenters. The van der Waals surface area contributed by atoms with Crippen molar-refractivity contribution in [3.63, 3.8) is 0 Å². The molecule has 0 radical (unpaired) electrons. The van der Waals surface area contributed by atoms with Crippen LogP contribution in [0.25, 0.3) is 6.08 Å². The van der Waals surface area contributed by atoms with Gasteiger partial charge in [-0.3, -0.25) is 4.79 Å². The third kappa shape index (κ3) is 4.90. The van der Waals surface area contributed by atoms with Crippen LogP contribution in [0.5, 0.6) is 0 Å². The van der Waals surface area contributed by atoms with Crippen molar-refractivity contribution in [2.75, 3.05) is 6.54 Å². The molecular formula is C11H11NO6S. The number of carboxylic acids is 2. The molecule has 102 valence electrons.